The average Bonchev–Trinajstić information content (AvgIpc) is 2.48. The van der Waals surface area contributed by atoms with Gasteiger partial charge in [0.2, 0.25) is 0 Å². The van der Waals surface area contributed by atoms with Gasteiger partial charge in [-0.25, -0.2) is 0 Å². The normalized spacial score (nSPS) is 20.5. The van der Waals surface area contributed by atoms with E-state index in [0.29, 0.717) is 18.9 Å². The van der Waals surface area contributed by atoms with E-state index in [2.05, 4.69) is 18.7 Å². The van der Waals surface area contributed by atoms with Crippen LogP contribution in [0.25, 0.3) is 0 Å². The summed E-state index contributed by atoms with van der Waals surface area (Å²) in [6, 6.07) is 10.3. The fraction of sp³-hybridized carbons (Fsp3) is 0.588. The number of piperidine rings is 1. The zero-order valence-electron chi connectivity index (χ0n) is 12.5. The second-order valence-electron chi connectivity index (χ2n) is 5.93. The molecule has 2 rings (SSSR count). The molecule has 1 N–H and O–H groups in total. The topological polar surface area (TPSA) is 40.5 Å². The monoisotopic (exact) mass is 275 g/mol. The van der Waals surface area contributed by atoms with Gasteiger partial charge in [-0.05, 0) is 44.8 Å². The summed E-state index contributed by atoms with van der Waals surface area (Å²) in [5.41, 5.74) is 0.263. The van der Waals surface area contributed by atoms with Gasteiger partial charge in [-0.1, -0.05) is 43.7 Å². The fourth-order valence-corrected chi connectivity index (χ4v) is 3.33. The minimum atomic E-state index is -0.691. The smallest absolute Gasteiger partial charge is 0.314 e. The third-order valence-electron chi connectivity index (χ3n) is 4.72. The van der Waals surface area contributed by atoms with E-state index in [1.807, 2.05) is 30.3 Å². The van der Waals surface area contributed by atoms with E-state index in [1.54, 1.807) is 0 Å². The van der Waals surface area contributed by atoms with E-state index >= 15 is 0 Å². The van der Waals surface area contributed by atoms with Gasteiger partial charge in [0.1, 0.15) is 0 Å². The van der Waals surface area contributed by atoms with Gasteiger partial charge >= 0.3 is 5.97 Å². The molecule has 1 fully saturated rings. The molecular weight excluding hydrogens is 250 g/mol. The molecular formula is C17H25NO2. The van der Waals surface area contributed by atoms with Crippen LogP contribution in [0.4, 0.5) is 0 Å². The van der Waals surface area contributed by atoms with Crippen molar-refractivity contribution in [3.05, 3.63) is 35.9 Å². The van der Waals surface area contributed by atoms with Gasteiger partial charge in [0.15, 0.2) is 0 Å². The van der Waals surface area contributed by atoms with Crippen LogP contribution < -0.4 is 0 Å². The Hall–Kier alpha value is -1.35. The lowest BCUT2D eigenvalue weighted by atomic mass is 9.72. The number of aliphatic carboxylic acids is 1. The molecule has 0 radical (unpaired) electrons. The van der Waals surface area contributed by atoms with Crippen LogP contribution in [0.5, 0.6) is 0 Å². The van der Waals surface area contributed by atoms with Gasteiger partial charge in [0.25, 0.3) is 0 Å². The maximum absolute atomic E-state index is 11.9. The van der Waals surface area contributed by atoms with Crippen molar-refractivity contribution >= 4 is 5.97 Å². The van der Waals surface area contributed by atoms with Gasteiger partial charge in [0, 0.05) is 6.04 Å². The summed E-state index contributed by atoms with van der Waals surface area (Å²) in [6.07, 6.45) is 3.78. The number of carboxylic acid groups (broad SMARTS) is 1. The van der Waals surface area contributed by atoms with Crippen LogP contribution in [0.15, 0.2) is 30.3 Å². The number of hydrogen-bond acceptors (Lipinski definition) is 2. The number of likely N-dealkylation sites (tertiary alicyclic amines) is 1. The SMILES string of the molecule is CCCC(C)N1CCC(C(=O)O)(c2ccccc2)CC1. The molecule has 1 heterocycles. The van der Waals surface area contributed by atoms with E-state index in [1.165, 1.54) is 12.8 Å². The fourth-order valence-electron chi connectivity index (χ4n) is 3.33. The molecule has 1 saturated heterocycles. The maximum atomic E-state index is 11.9. The van der Waals surface area contributed by atoms with Crippen LogP contribution in [0, 0.1) is 0 Å². The van der Waals surface area contributed by atoms with Gasteiger partial charge in [-0.2, -0.15) is 0 Å². The largest absolute Gasteiger partial charge is 0.481 e. The molecule has 0 bridgehead atoms. The summed E-state index contributed by atoms with van der Waals surface area (Å²) in [4.78, 5) is 14.3. The molecule has 20 heavy (non-hydrogen) atoms. The third-order valence-corrected chi connectivity index (χ3v) is 4.72. The Morgan fingerprint density at radius 3 is 2.40 bits per heavy atom. The van der Waals surface area contributed by atoms with Crippen LogP contribution in [-0.2, 0) is 10.2 Å². The quantitative estimate of drug-likeness (QED) is 0.896. The van der Waals surface area contributed by atoms with Crippen LogP contribution >= 0.6 is 0 Å². The molecule has 0 saturated carbocycles. The number of rotatable bonds is 5. The number of nitrogens with zero attached hydrogens (tertiary/aromatic N) is 1. The lowest BCUT2D eigenvalue weighted by molar-refractivity contribution is -0.146. The number of benzene rings is 1. The minimum Gasteiger partial charge on any atom is -0.481 e. The van der Waals surface area contributed by atoms with Crippen molar-refractivity contribution in [1.82, 2.24) is 4.90 Å². The predicted octanol–water partition coefficient (Wildman–Crippen LogP) is 3.29. The van der Waals surface area contributed by atoms with Crippen molar-refractivity contribution in [2.24, 2.45) is 0 Å². The van der Waals surface area contributed by atoms with Crippen molar-refractivity contribution in [3.8, 4) is 0 Å². The highest BCUT2D eigenvalue weighted by Gasteiger charge is 2.43. The van der Waals surface area contributed by atoms with Crippen LogP contribution in [0.3, 0.4) is 0 Å². The lowest BCUT2D eigenvalue weighted by Crippen LogP contribution is -2.49. The highest BCUT2D eigenvalue weighted by molar-refractivity contribution is 5.81. The Bertz CT molecular complexity index is 436. The van der Waals surface area contributed by atoms with Gasteiger partial charge in [-0.15, -0.1) is 0 Å². The highest BCUT2D eigenvalue weighted by Crippen LogP contribution is 2.36. The maximum Gasteiger partial charge on any atom is 0.314 e. The molecule has 1 aromatic carbocycles. The summed E-state index contributed by atoms with van der Waals surface area (Å²) in [6.45, 7) is 6.20. The van der Waals surface area contributed by atoms with Gasteiger partial charge in [0.05, 0.1) is 5.41 Å². The van der Waals surface area contributed by atoms with Crippen LogP contribution in [-0.4, -0.2) is 35.1 Å². The first kappa shape index (κ1) is 15.0. The second kappa shape index (κ2) is 6.40. The zero-order valence-corrected chi connectivity index (χ0v) is 12.5. The van der Waals surface area contributed by atoms with Crippen molar-refractivity contribution in [2.45, 2.75) is 51.0 Å². The first-order valence-electron chi connectivity index (χ1n) is 7.63. The molecule has 1 aliphatic heterocycles. The molecule has 0 aromatic heterocycles. The summed E-state index contributed by atoms with van der Waals surface area (Å²) in [5.74, 6) is -0.675. The summed E-state index contributed by atoms with van der Waals surface area (Å²) in [5, 5.41) is 9.75. The van der Waals surface area contributed by atoms with Crippen molar-refractivity contribution < 1.29 is 9.90 Å². The van der Waals surface area contributed by atoms with Crippen molar-refractivity contribution in [3.63, 3.8) is 0 Å². The second-order valence-corrected chi connectivity index (χ2v) is 5.93. The van der Waals surface area contributed by atoms with E-state index in [-0.39, 0.29) is 0 Å². The molecule has 1 atom stereocenters. The Morgan fingerprint density at radius 2 is 1.90 bits per heavy atom. The summed E-state index contributed by atoms with van der Waals surface area (Å²) < 4.78 is 0. The molecule has 1 aliphatic rings. The van der Waals surface area contributed by atoms with E-state index in [4.69, 9.17) is 0 Å². The number of hydrogen-bond donors (Lipinski definition) is 1. The van der Waals surface area contributed by atoms with E-state index in [0.717, 1.165) is 18.7 Å². The molecule has 1 unspecified atom stereocenters. The van der Waals surface area contributed by atoms with Crippen molar-refractivity contribution in [2.75, 3.05) is 13.1 Å². The first-order chi connectivity index (χ1) is 9.60. The zero-order chi connectivity index (χ0) is 14.6. The third kappa shape index (κ3) is 2.88. The minimum absolute atomic E-state index is 0.558. The number of carboxylic acids is 1. The Balaban J connectivity index is 2.13. The molecule has 0 spiro atoms. The summed E-state index contributed by atoms with van der Waals surface area (Å²) >= 11 is 0. The highest BCUT2D eigenvalue weighted by atomic mass is 16.4. The molecule has 0 amide bonds. The predicted molar refractivity (Wildman–Crippen MR) is 80.9 cm³/mol. The number of carbonyl (C=O) groups is 1. The van der Waals surface area contributed by atoms with Crippen molar-refractivity contribution in [1.29, 1.82) is 0 Å². The Labute approximate surface area is 121 Å². The van der Waals surface area contributed by atoms with Crippen LogP contribution in [0.1, 0.15) is 45.1 Å². The van der Waals surface area contributed by atoms with E-state index < -0.39 is 11.4 Å². The standard InChI is InChI=1S/C17H25NO2/c1-3-7-14(2)18-12-10-17(11-13-18,16(19)20)15-8-5-4-6-9-15/h4-6,8-9,14H,3,7,10-13H2,1-2H3,(H,19,20). The Morgan fingerprint density at radius 1 is 1.30 bits per heavy atom. The van der Waals surface area contributed by atoms with Gasteiger partial charge < -0.3 is 10.0 Å². The summed E-state index contributed by atoms with van der Waals surface area (Å²) in [7, 11) is 0. The molecule has 1 aromatic rings. The first-order valence-corrected chi connectivity index (χ1v) is 7.63. The average molecular weight is 275 g/mol. The lowest BCUT2D eigenvalue weighted by Gasteiger charge is -2.41. The molecule has 110 valence electrons. The molecule has 3 heteroatoms. The van der Waals surface area contributed by atoms with Gasteiger partial charge in [-0.3, -0.25) is 4.79 Å². The van der Waals surface area contributed by atoms with Crippen LogP contribution in [0.2, 0.25) is 0 Å². The van der Waals surface area contributed by atoms with E-state index in [9.17, 15) is 9.90 Å². The molecule has 3 nitrogen and oxygen atoms in total. The molecule has 0 aliphatic carbocycles. The Kier molecular flexibility index (Phi) is 4.81.